The summed E-state index contributed by atoms with van der Waals surface area (Å²) in [5.41, 5.74) is 2.33. The first-order valence-electron chi connectivity index (χ1n) is 8.07. The number of ether oxygens (including phenoxy) is 2. The zero-order chi connectivity index (χ0) is 19.4. The SMILES string of the molecule is COc1cc(NC(=O)Cn2nnc(-c3ccccc3C)n2)c(OC)cc1Cl. The van der Waals surface area contributed by atoms with Gasteiger partial charge in [0.25, 0.3) is 0 Å². The van der Waals surface area contributed by atoms with Crippen molar-refractivity contribution in [3.05, 3.63) is 47.0 Å². The molecule has 1 N–H and O–H groups in total. The molecule has 0 aliphatic heterocycles. The third-order valence-corrected chi connectivity index (χ3v) is 4.17. The number of benzene rings is 2. The van der Waals surface area contributed by atoms with Crippen LogP contribution in [-0.4, -0.2) is 40.3 Å². The number of anilines is 1. The summed E-state index contributed by atoms with van der Waals surface area (Å²) in [6.45, 7) is 1.86. The van der Waals surface area contributed by atoms with Crippen LogP contribution in [-0.2, 0) is 11.3 Å². The molecule has 1 heterocycles. The molecule has 0 atom stereocenters. The van der Waals surface area contributed by atoms with Crippen LogP contribution < -0.4 is 14.8 Å². The summed E-state index contributed by atoms with van der Waals surface area (Å²) in [6.07, 6.45) is 0. The Kier molecular flexibility index (Phi) is 5.56. The van der Waals surface area contributed by atoms with Crippen molar-refractivity contribution in [2.45, 2.75) is 13.5 Å². The fourth-order valence-corrected chi connectivity index (χ4v) is 2.75. The van der Waals surface area contributed by atoms with Crippen LogP contribution in [0.4, 0.5) is 5.69 Å². The lowest BCUT2D eigenvalue weighted by Crippen LogP contribution is -2.20. The van der Waals surface area contributed by atoms with Crippen LogP contribution in [0.2, 0.25) is 5.02 Å². The normalized spacial score (nSPS) is 10.5. The molecule has 0 radical (unpaired) electrons. The number of nitrogens with one attached hydrogen (secondary N) is 1. The molecule has 8 nitrogen and oxygen atoms in total. The van der Waals surface area contributed by atoms with E-state index in [2.05, 4.69) is 20.7 Å². The first kappa shape index (κ1) is 18.7. The maximum Gasteiger partial charge on any atom is 0.248 e. The molecule has 0 unspecified atom stereocenters. The van der Waals surface area contributed by atoms with Crippen molar-refractivity contribution in [2.24, 2.45) is 0 Å². The Balaban J connectivity index is 1.75. The van der Waals surface area contributed by atoms with Gasteiger partial charge in [-0.1, -0.05) is 35.9 Å². The van der Waals surface area contributed by atoms with Gasteiger partial charge in [0.2, 0.25) is 11.7 Å². The fraction of sp³-hybridized carbons (Fsp3) is 0.222. The van der Waals surface area contributed by atoms with Gasteiger partial charge < -0.3 is 14.8 Å². The number of nitrogens with zero attached hydrogens (tertiary/aromatic N) is 4. The van der Waals surface area contributed by atoms with E-state index in [0.29, 0.717) is 28.0 Å². The number of carbonyl (C=O) groups excluding carboxylic acids is 1. The second-order valence-electron chi connectivity index (χ2n) is 5.69. The van der Waals surface area contributed by atoms with Crippen molar-refractivity contribution in [1.82, 2.24) is 20.2 Å². The molecule has 27 heavy (non-hydrogen) atoms. The van der Waals surface area contributed by atoms with E-state index in [1.165, 1.54) is 19.0 Å². The predicted octanol–water partition coefficient (Wildman–Crippen LogP) is 2.96. The zero-order valence-corrected chi connectivity index (χ0v) is 15.8. The van der Waals surface area contributed by atoms with Crippen LogP contribution in [0.3, 0.4) is 0 Å². The van der Waals surface area contributed by atoms with E-state index in [-0.39, 0.29) is 12.5 Å². The average Bonchev–Trinajstić information content (AvgIpc) is 3.11. The minimum Gasteiger partial charge on any atom is -0.495 e. The van der Waals surface area contributed by atoms with Gasteiger partial charge in [-0.25, -0.2) is 0 Å². The number of halogens is 1. The molecule has 0 saturated carbocycles. The molecule has 1 aromatic heterocycles. The van der Waals surface area contributed by atoms with Crippen LogP contribution in [0.15, 0.2) is 36.4 Å². The molecule has 0 spiro atoms. The quantitative estimate of drug-likeness (QED) is 0.699. The van der Waals surface area contributed by atoms with Crippen LogP contribution >= 0.6 is 11.6 Å². The number of aromatic nitrogens is 4. The number of tetrazole rings is 1. The number of carbonyl (C=O) groups is 1. The molecular formula is C18H18ClN5O3. The summed E-state index contributed by atoms with van der Waals surface area (Å²) in [6, 6.07) is 10.9. The number of rotatable bonds is 6. The summed E-state index contributed by atoms with van der Waals surface area (Å²) >= 11 is 6.07. The van der Waals surface area contributed by atoms with E-state index in [9.17, 15) is 4.79 Å². The highest BCUT2D eigenvalue weighted by Gasteiger charge is 2.15. The molecule has 0 fully saturated rings. The van der Waals surface area contributed by atoms with Crippen molar-refractivity contribution in [2.75, 3.05) is 19.5 Å². The summed E-state index contributed by atoms with van der Waals surface area (Å²) in [5, 5.41) is 15.4. The van der Waals surface area contributed by atoms with Crippen molar-refractivity contribution in [3.8, 4) is 22.9 Å². The average molecular weight is 388 g/mol. The lowest BCUT2D eigenvalue weighted by Gasteiger charge is -2.12. The van der Waals surface area contributed by atoms with E-state index >= 15 is 0 Å². The zero-order valence-electron chi connectivity index (χ0n) is 15.1. The van der Waals surface area contributed by atoms with Crippen LogP contribution in [0.25, 0.3) is 11.4 Å². The van der Waals surface area contributed by atoms with Gasteiger partial charge in [0.05, 0.1) is 24.9 Å². The Bertz CT molecular complexity index is 973. The Hall–Kier alpha value is -3.13. The third-order valence-electron chi connectivity index (χ3n) is 3.87. The minimum atomic E-state index is -0.341. The predicted molar refractivity (Wildman–Crippen MR) is 101 cm³/mol. The smallest absolute Gasteiger partial charge is 0.248 e. The fourth-order valence-electron chi connectivity index (χ4n) is 2.52. The highest BCUT2D eigenvalue weighted by atomic mass is 35.5. The van der Waals surface area contributed by atoms with Gasteiger partial charge in [-0.05, 0) is 17.7 Å². The molecule has 1 amide bonds. The van der Waals surface area contributed by atoms with Crippen molar-refractivity contribution >= 4 is 23.2 Å². The van der Waals surface area contributed by atoms with Gasteiger partial charge in [0.15, 0.2) is 0 Å². The topological polar surface area (TPSA) is 91.2 Å². The van der Waals surface area contributed by atoms with Crippen molar-refractivity contribution < 1.29 is 14.3 Å². The maximum absolute atomic E-state index is 12.4. The van der Waals surface area contributed by atoms with E-state index < -0.39 is 0 Å². The second-order valence-corrected chi connectivity index (χ2v) is 6.10. The number of hydrogen-bond acceptors (Lipinski definition) is 6. The standard InChI is InChI=1S/C18H18ClN5O3/c1-11-6-4-5-7-12(11)18-21-23-24(22-18)10-17(25)20-14-9-15(26-2)13(19)8-16(14)27-3/h4-9H,10H2,1-3H3,(H,20,25). The molecule has 0 aliphatic carbocycles. The van der Waals surface area contributed by atoms with Crippen LogP contribution in [0, 0.1) is 6.92 Å². The lowest BCUT2D eigenvalue weighted by molar-refractivity contribution is -0.117. The molecule has 9 heteroatoms. The van der Waals surface area contributed by atoms with Crippen molar-refractivity contribution in [3.63, 3.8) is 0 Å². The third kappa shape index (κ3) is 4.17. The number of methoxy groups -OCH3 is 2. The van der Waals surface area contributed by atoms with E-state index in [1.54, 1.807) is 12.1 Å². The first-order valence-corrected chi connectivity index (χ1v) is 8.44. The Morgan fingerprint density at radius 3 is 2.63 bits per heavy atom. The molecular weight excluding hydrogens is 370 g/mol. The maximum atomic E-state index is 12.4. The summed E-state index contributed by atoms with van der Waals surface area (Å²) in [4.78, 5) is 13.6. The highest BCUT2D eigenvalue weighted by molar-refractivity contribution is 6.32. The lowest BCUT2D eigenvalue weighted by atomic mass is 10.1. The first-order chi connectivity index (χ1) is 13.0. The molecule has 0 aliphatic rings. The molecule has 0 bridgehead atoms. The summed E-state index contributed by atoms with van der Waals surface area (Å²) in [5.74, 6) is 0.966. The van der Waals surface area contributed by atoms with E-state index in [0.717, 1.165) is 11.1 Å². The van der Waals surface area contributed by atoms with Gasteiger partial charge in [-0.2, -0.15) is 4.80 Å². The Labute approximate surface area is 161 Å². The molecule has 2 aromatic carbocycles. The molecule has 140 valence electrons. The van der Waals surface area contributed by atoms with Gasteiger partial charge in [0, 0.05) is 17.7 Å². The number of hydrogen-bond donors (Lipinski definition) is 1. The summed E-state index contributed by atoms with van der Waals surface area (Å²) < 4.78 is 10.4. The number of amides is 1. The van der Waals surface area contributed by atoms with Gasteiger partial charge in [-0.3, -0.25) is 4.79 Å². The monoisotopic (exact) mass is 387 g/mol. The Morgan fingerprint density at radius 2 is 1.93 bits per heavy atom. The van der Waals surface area contributed by atoms with Crippen molar-refractivity contribution in [1.29, 1.82) is 0 Å². The van der Waals surface area contributed by atoms with Gasteiger partial charge in [0.1, 0.15) is 18.0 Å². The molecule has 0 saturated heterocycles. The van der Waals surface area contributed by atoms with E-state index in [1.807, 2.05) is 31.2 Å². The molecule has 3 aromatic rings. The minimum absolute atomic E-state index is 0.104. The number of aryl methyl sites for hydroxylation is 1. The van der Waals surface area contributed by atoms with Gasteiger partial charge >= 0.3 is 0 Å². The second kappa shape index (κ2) is 8.05. The Morgan fingerprint density at radius 1 is 1.19 bits per heavy atom. The molecule has 3 rings (SSSR count). The van der Waals surface area contributed by atoms with Crippen LogP contribution in [0.1, 0.15) is 5.56 Å². The van der Waals surface area contributed by atoms with E-state index in [4.69, 9.17) is 21.1 Å². The largest absolute Gasteiger partial charge is 0.495 e. The summed E-state index contributed by atoms with van der Waals surface area (Å²) in [7, 11) is 2.98. The van der Waals surface area contributed by atoms with Crippen LogP contribution in [0.5, 0.6) is 11.5 Å². The highest BCUT2D eigenvalue weighted by Crippen LogP contribution is 2.35. The van der Waals surface area contributed by atoms with Gasteiger partial charge in [-0.15, -0.1) is 10.2 Å².